The highest BCUT2D eigenvalue weighted by atomic mass is 19.1. The van der Waals surface area contributed by atoms with E-state index in [4.69, 9.17) is 4.74 Å². The number of rotatable bonds is 3. The Morgan fingerprint density at radius 2 is 1.93 bits per heavy atom. The van der Waals surface area contributed by atoms with Gasteiger partial charge in [0.25, 0.3) is 5.91 Å². The topological polar surface area (TPSA) is 49.9 Å². The van der Waals surface area contributed by atoms with Gasteiger partial charge in [0.1, 0.15) is 11.6 Å². The zero-order chi connectivity index (χ0) is 19.0. The van der Waals surface area contributed by atoms with Crippen LogP contribution in [0.25, 0.3) is 0 Å². The lowest BCUT2D eigenvalue weighted by molar-refractivity contribution is -0.117. The van der Waals surface area contributed by atoms with Gasteiger partial charge in [-0.3, -0.25) is 9.59 Å². The van der Waals surface area contributed by atoms with Gasteiger partial charge in [0, 0.05) is 42.7 Å². The summed E-state index contributed by atoms with van der Waals surface area (Å²) in [6.45, 7) is 1.67. The van der Waals surface area contributed by atoms with Crippen molar-refractivity contribution in [3.05, 3.63) is 59.9 Å². The number of hydrogen-bond donors (Lipinski definition) is 0. The van der Waals surface area contributed by atoms with Gasteiger partial charge >= 0.3 is 0 Å². The van der Waals surface area contributed by atoms with E-state index in [-0.39, 0.29) is 23.0 Å². The number of anilines is 1. The molecule has 2 fully saturated rings. The first-order valence-electron chi connectivity index (χ1n) is 8.99. The standard InChI is InChI=1S/C21H21FN2O3/c1-27-18-7-5-15(6-8-18)20(26)23-10-9-21(13-23)12-19(25)24(14-21)17-4-2-3-16(22)11-17/h2-8,11H,9-10,12-14H2,1H3/t21-/m1/s1. The Kier molecular flexibility index (Phi) is 4.34. The number of methoxy groups -OCH3 is 1. The van der Waals surface area contributed by atoms with Crippen LogP contribution in [0.3, 0.4) is 0 Å². The van der Waals surface area contributed by atoms with Crippen LogP contribution in [0.4, 0.5) is 10.1 Å². The molecule has 2 aliphatic heterocycles. The summed E-state index contributed by atoms with van der Waals surface area (Å²) in [7, 11) is 1.59. The van der Waals surface area contributed by atoms with Gasteiger partial charge in [-0.2, -0.15) is 0 Å². The van der Waals surface area contributed by atoms with E-state index in [0.29, 0.717) is 43.1 Å². The number of ether oxygens (including phenoxy) is 1. The Morgan fingerprint density at radius 3 is 2.63 bits per heavy atom. The normalized spacial score (nSPS) is 21.9. The van der Waals surface area contributed by atoms with E-state index in [9.17, 15) is 14.0 Å². The number of carbonyl (C=O) groups is 2. The van der Waals surface area contributed by atoms with Crippen molar-refractivity contribution in [1.82, 2.24) is 4.90 Å². The van der Waals surface area contributed by atoms with E-state index in [1.807, 2.05) is 4.90 Å². The fraction of sp³-hybridized carbons (Fsp3) is 0.333. The van der Waals surface area contributed by atoms with Crippen LogP contribution in [0.15, 0.2) is 48.5 Å². The number of carbonyl (C=O) groups excluding carboxylic acids is 2. The number of halogens is 1. The predicted octanol–water partition coefficient (Wildman–Crippen LogP) is 3.10. The fourth-order valence-electron chi connectivity index (χ4n) is 4.07. The van der Waals surface area contributed by atoms with Crippen LogP contribution in [-0.4, -0.2) is 43.5 Å². The lowest BCUT2D eigenvalue weighted by Crippen LogP contribution is -2.34. The van der Waals surface area contributed by atoms with E-state index in [0.717, 1.165) is 6.42 Å². The van der Waals surface area contributed by atoms with Crippen LogP contribution >= 0.6 is 0 Å². The van der Waals surface area contributed by atoms with E-state index >= 15 is 0 Å². The molecule has 140 valence electrons. The summed E-state index contributed by atoms with van der Waals surface area (Å²) in [5.74, 6) is 0.297. The highest BCUT2D eigenvalue weighted by Gasteiger charge is 2.48. The van der Waals surface area contributed by atoms with Gasteiger partial charge in [0.15, 0.2) is 0 Å². The molecule has 2 saturated heterocycles. The van der Waals surface area contributed by atoms with E-state index in [1.165, 1.54) is 12.1 Å². The molecule has 1 atom stereocenters. The molecule has 2 aromatic carbocycles. The molecule has 0 radical (unpaired) electrons. The summed E-state index contributed by atoms with van der Waals surface area (Å²) in [5, 5.41) is 0. The zero-order valence-corrected chi connectivity index (χ0v) is 15.2. The van der Waals surface area contributed by atoms with Crippen molar-refractivity contribution in [1.29, 1.82) is 0 Å². The van der Waals surface area contributed by atoms with Crippen molar-refractivity contribution in [2.24, 2.45) is 5.41 Å². The lowest BCUT2D eigenvalue weighted by Gasteiger charge is -2.24. The Balaban J connectivity index is 1.48. The predicted molar refractivity (Wildman–Crippen MR) is 99.3 cm³/mol. The zero-order valence-electron chi connectivity index (χ0n) is 15.2. The Labute approximate surface area is 157 Å². The average Bonchev–Trinajstić information content (AvgIpc) is 3.24. The second-order valence-corrected chi connectivity index (χ2v) is 7.34. The monoisotopic (exact) mass is 368 g/mol. The molecular weight excluding hydrogens is 347 g/mol. The van der Waals surface area contributed by atoms with Gasteiger partial charge in [-0.15, -0.1) is 0 Å². The molecule has 2 aliphatic rings. The molecule has 0 unspecified atom stereocenters. The quantitative estimate of drug-likeness (QED) is 0.837. The van der Waals surface area contributed by atoms with Gasteiger partial charge in [-0.25, -0.2) is 4.39 Å². The van der Waals surface area contributed by atoms with Gasteiger partial charge in [0.2, 0.25) is 5.91 Å². The van der Waals surface area contributed by atoms with Gasteiger partial charge in [0.05, 0.1) is 7.11 Å². The first kappa shape index (κ1) is 17.5. The third-order valence-electron chi connectivity index (χ3n) is 5.50. The third kappa shape index (κ3) is 3.27. The molecule has 0 bridgehead atoms. The Morgan fingerprint density at radius 1 is 1.15 bits per heavy atom. The highest BCUT2D eigenvalue weighted by Crippen LogP contribution is 2.42. The Hall–Kier alpha value is -2.89. The maximum Gasteiger partial charge on any atom is 0.253 e. The van der Waals surface area contributed by atoms with Gasteiger partial charge in [-0.1, -0.05) is 6.07 Å². The first-order chi connectivity index (χ1) is 13.0. The van der Waals surface area contributed by atoms with Crippen molar-refractivity contribution >= 4 is 17.5 Å². The third-order valence-corrected chi connectivity index (χ3v) is 5.50. The summed E-state index contributed by atoms with van der Waals surface area (Å²) in [6.07, 6.45) is 1.16. The molecule has 2 heterocycles. The molecule has 0 saturated carbocycles. The molecule has 27 heavy (non-hydrogen) atoms. The molecule has 4 rings (SSSR count). The molecule has 2 amide bonds. The summed E-state index contributed by atoms with van der Waals surface area (Å²) in [6, 6.07) is 13.1. The minimum Gasteiger partial charge on any atom is -0.497 e. The summed E-state index contributed by atoms with van der Waals surface area (Å²) in [5.41, 5.74) is 0.932. The van der Waals surface area contributed by atoms with Crippen LogP contribution in [0, 0.1) is 11.2 Å². The lowest BCUT2D eigenvalue weighted by atomic mass is 9.86. The average molecular weight is 368 g/mol. The van der Waals surface area contributed by atoms with Crippen LogP contribution in [0.1, 0.15) is 23.2 Å². The fourth-order valence-corrected chi connectivity index (χ4v) is 4.07. The summed E-state index contributed by atoms with van der Waals surface area (Å²) in [4.78, 5) is 28.8. The second kappa shape index (κ2) is 6.68. The minimum absolute atomic E-state index is 0.0145. The van der Waals surface area contributed by atoms with Crippen LogP contribution in [-0.2, 0) is 4.79 Å². The van der Waals surface area contributed by atoms with Crippen molar-refractivity contribution in [2.45, 2.75) is 12.8 Å². The van der Waals surface area contributed by atoms with E-state index < -0.39 is 0 Å². The smallest absolute Gasteiger partial charge is 0.253 e. The maximum atomic E-state index is 13.5. The van der Waals surface area contributed by atoms with Gasteiger partial charge < -0.3 is 14.5 Å². The van der Waals surface area contributed by atoms with Crippen LogP contribution in [0.2, 0.25) is 0 Å². The largest absolute Gasteiger partial charge is 0.497 e. The maximum absolute atomic E-state index is 13.5. The van der Waals surface area contributed by atoms with Crippen molar-refractivity contribution in [3.8, 4) is 5.75 Å². The Bertz CT molecular complexity index is 883. The molecule has 0 aromatic heterocycles. The first-order valence-corrected chi connectivity index (χ1v) is 8.99. The van der Waals surface area contributed by atoms with E-state index in [1.54, 1.807) is 48.4 Å². The summed E-state index contributed by atoms with van der Waals surface area (Å²) >= 11 is 0. The number of likely N-dealkylation sites (tertiary alicyclic amines) is 1. The molecule has 2 aromatic rings. The highest BCUT2D eigenvalue weighted by molar-refractivity contribution is 5.97. The van der Waals surface area contributed by atoms with E-state index in [2.05, 4.69) is 0 Å². The molecule has 0 aliphatic carbocycles. The molecule has 1 spiro atoms. The molecule has 5 nitrogen and oxygen atoms in total. The van der Waals surface area contributed by atoms with Crippen molar-refractivity contribution in [2.75, 3.05) is 31.6 Å². The van der Waals surface area contributed by atoms with Crippen LogP contribution < -0.4 is 9.64 Å². The van der Waals surface area contributed by atoms with Crippen LogP contribution in [0.5, 0.6) is 5.75 Å². The molecular formula is C21H21FN2O3. The van der Waals surface area contributed by atoms with Crippen molar-refractivity contribution in [3.63, 3.8) is 0 Å². The second-order valence-electron chi connectivity index (χ2n) is 7.34. The number of nitrogens with zero attached hydrogens (tertiary/aromatic N) is 2. The number of amides is 2. The summed E-state index contributed by atoms with van der Waals surface area (Å²) < 4.78 is 18.7. The van der Waals surface area contributed by atoms with Crippen molar-refractivity contribution < 1.29 is 18.7 Å². The SMILES string of the molecule is COc1ccc(C(=O)N2CC[C@@]3(CC(=O)N(c4cccc(F)c4)C3)C2)cc1. The minimum atomic E-state index is -0.357. The molecule has 6 heteroatoms. The number of benzene rings is 2. The van der Waals surface area contributed by atoms with Gasteiger partial charge in [-0.05, 0) is 48.9 Å². The number of hydrogen-bond acceptors (Lipinski definition) is 3. The molecule has 0 N–H and O–H groups in total.